The van der Waals surface area contributed by atoms with Crippen molar-refractivity contribution in [2.45, 2.75) is 12.5 Å². The van der Waals surface area contributed by atoms with Crippen molar-refractivity contribution in [3.63, 3.8) is 0 Å². The average Bonchev–Trinajstić information content (AvgIpc) is 2.37. The Morgan fingerprint density at radius 1 is 0.882 bits per heavy atom. The highest BCUT2D eigenvalue weighted by Crippen LogP contribution is 2.44. The molecule has 0 aliphatic carbocycles. The van der Waals surface area contributed by atoms with Gasteiger partial charge < -0.3 is 10.6 Å². The Morgan fingerprint density at radius 2 is 1.29 bits per heavy atom. The fraction of sp³-hybridized carbons (Fsp3) is 0.200. The number of hydrogen-bond donors (Lipinski definition) is 1. The molecule has 0 saturated carbocycles. The SMILES string of the molecule is CN1c2ccccc2C(C)(N)c2ccccc21. The van der Waals surface area contributed by atoms with E-state index >= 15 is 0 Å². The van der Waals surface area contributed by atoms with Crippen LogP contribution in [-0.4, -0.2) is 7.05 Å². The minimum Gasteiger partial charge on any atom is -0.344 e. The number of benzene rings is 2. The van der Waals surface area contributed by atoms with Crippen LogP contribution in [0.5, 0.6) is 0 Å². The molecular formula is C15H16N2. The maximum absolute atomic E-state index is 6.54. The highest BCUT2D eigenvalue weighted by Gasteiger charge is 2.34. The predicted molar refractivity (Wildman–Crippen MR) is 71.6 cm³/mol. The first kappa shape index (κ1) is 10.4. The fourth-order valence-electron chi connectivity index (χ4n) is 2.69. The van der Waals surface area contributed by atoms with Crippen molar-refractivity contribution in [3.05, 3.63) is 59.7 Å². The number of hydrogen-bond acceptors (Lipinski definition) is 2. The van der Waals surface area contributed by atoms with Crippen LogP contribution in [0.4, 0.5) is 11.4 Å². The second-order valence-corrected chi connectivity index (χ2v) is 4.80. The number of anilines is 2. The molecule has 0 amide bonds. The first-order valence-corrected chi connectivity index (χ1v) is 5.84. The summed E-state index contributed by atoms with van der Waals surface area (Å²) in [7, 11) is 2.09. The summed E-state index contributed by atoms with van der Waals surface area (Å²) in [5.41, 5.74) is 10.9. The van der Waals surface area contributed by atoms with Gasteiger partial charge in [-0.15, -0.1) is 0 Å². The molecule has 1 aliphatic heterocycles. The van der Waals surface area contributed by atoms with Gasteiger partial charge >= 0.3 is 0 Å². The molecule has 2 nitrogen and oxygen atoms in total. The molecule has 0 atom stereocenters. The molecule has 1 aliphatic rings. The van der Waals surface area contributed by atoms with Gasteiger partial charge in [0.15, 0.2) is 0 Å². The zero-order chi connectivity index (χ0) is 12.0. The first-order valence-electron chi connectivity index (χ1n) is 5.84. The van der Waals surface area contributed by atoms with Gasteiger partial charge in [0.05, 0.1) is 5.54 Å². The summed E-state index contributed by atoms with van der Waals surface area (Å²) in [6, 6.07) is 16.7. The van der Waals surface area contributed by atoms with Crippen molar-refractivity contribution >= 4 is 11.4 Å². The minimum absolute atomic E-state index is 0.417. The van der Waals surface area contributed by atoms with Gasteiger partial charge in [-0.1, -0.05) is 36.4 Å². The van der Waals surface area contributed by atoms with Crippen molar-refractivity contribution in [2.75, 3.05) is 11.9 Å². The molecule has 0 saturated heterocycles. The Balaban J connectivity index is 2.34. The van der Waals surface area contributed by atoms with Crippen LogP contribution < -0.4 is 10.6 Å². The molecule has 0 bridgehead atoms. The molecule has 0 aromatic heterocycles. The number of nitrogens with two attached hydrogens (primary N) is 1. The Kier molecular flexibility index (Phi) is 2.04. The Hall–Kier alpha value is -1.80. The molecule has 2 aromatic carbocycles. The van der Waals surface area contributed by atoms with E-state index in [1.54, 1.807) is 0 Å². The Bertz CT molecular complexity index is 523. The van der Waals surface area contributed by atoms with E-state index in [0.29, 0.717) is 0 Å². The van der Waals surface area contributed by atoms with Crippen molar-refractivity contribution in [2.24, 2.45) is 5.73 Å². The van der Waals surface area contributed by atoms with Crippen LogP contribution in [0.3, 0.4) is 0 Å². The van der Waals surface area contributed by atoms with Gasteiger partial charge in [0.1, 0.15) is 0 Å². The summed E-state index contributed by atoms with van der Waals surface area (Å²) in [4.78, 5) is 2.21. The third-order valence-corrected chi connectivity index (χ3v) is 3.65. The van der Waals surface area contributed by atoms with Crippen LogP contribution in [0.1, 0.15) is 18.1 Å². The van der Waals surface area contributed by atoms with Gasteiger partial charge in [0.2, 0.25) is 0 Å². The van der Waals surface area contributed by atoms with Gasteiger partial charge in [-0.3, -0.25) is 0 Å². The summed E-state index contributed by atoms with van der Waals surface area (Å²) in [5.74, 6) is 0. The molecule has 0 spiro atoms. The molecule has 3 rings (SSSR count). The maximum Gasteiger partial charge on any atom is 0.0677 e. The van der Waals surface area contributed by atoms with Gasteiger partial charge in [-0.25, -0.2) is 0 Å². The standard InChI is InChI=1S/C15H16N2/c1-15(16)11-7-3-5-9-13(11)17(2)14-10-6-4-8-12(14)15/h3-10H,16H2,1-2H3. The van der Waals surface area contributed by atoms with Gasteiger partial charge in [0, 0.05) is 18.4 Å². The summed E-state index contributed by atoms with van der Waals surface area (Å²) in [5, 5.41) is 0. The maximum atomic E-state index is 6.54. The van der Waals surface area contributed by atoms with E-state index in [2.05, 4.69) is 55.3 Å². The molecule has 17 heavy (non-hydrogen) atoms. The smallest absolute Gasteiger partial charge is 0.0677 e. The van der Waals surface area contributed by atoms with Crippen LogP contribution in [0, 0.1) is 0 Å². The van der Waals surface area contributed by atoms with E-state index in [4.69, 9.17) is 5.73 Å². The molecule has 2 N–H and O–H groups in total. The van der Waals surface area contributed by atoms with Crippen LogP contribution in [0.15, 0.2) is 48.5 Å². The molecule has 0 fully saturated rings. The van der Waals surface area contributed by atoms with Crippen LogP contribution in [-0.2, 0) is 5.54 Å². The highest BCUT2D eigenvalue weighted by molar-refractivity contribution is 5.76. The molecule has 2 heteroatoms. The fourth-order valence-corrected chi connectivity index (χ4v) is 2.69. The second-order valence-electron chi connectivity index (χ2n) is 4.80. The molecule has 1 heterocycles. The Morgan fingerprint density at radius 3 is 1.76 bits per heavy atom. The molecular weight excluding hydrogens is 208 g/mol. The number of nitrogens with zero attached hydrogens (tertiary/aromatic N) is 1. The molecule has 2 aromatic rings. The number of rotatable bonds is 0. The van der Waals surface area contributed by atoms with Gasteiger partial charge in [0.25, 0.3) is 0 Å². The summed E-state index contributed by atoms with van der Waals surface area (Å²) >= 11 is 0. The highest BCUT2D eigenvalue weighted by atomic mass is 15.1. The summed E-state index contributed by atoms with van der Waals surface area (Å²) < 4.78 is 0. The van der Waals surface area contributed by atoms with E-state index in [0.717, 1.165) is 0 Å². The minimum atomic E-state index is -0.417. The van der Waals surface area contributed by atoms with Crippen molar-refractivity contribution in [1.29, 1.82) is 0 Å². The lowest BCUT2D eigenvalue weighted by molar-refractivity contribution is 0.594. The zero-order valence-corrected chi connectivity index (χ0v) is 10.1. The normalized spacial score (nSPS) is 16.3. The Labute approximate surface area is 102 Å². The molecule has 0 unspecified atom stereocenters. The monoisotopic (exact) mass is 224 g/mol. The summed E-state index contributed by atoms with van der Waals surface area (Å²) in [6.07, 6.45) is 0. The van der Waals surface area contributed by atoms with Crippen molar-refractivity contribution in [1.82, 2.24) is 0 Å². The van der Waals surface area contributed by atoms with Crippen molar-refractivity contribution < 1.29 is 0 Å². The number of para-hydroxylation sites is 2. The van der Waals surface area contributed by atoms with E-state index < -0.39 is 5.54 Å². The number of fused-ring (bicyclic) bond motifs is 2. The third-order valence-electron chi connectivity index (χ3n) is 3.65. The average molecular weight is 224 g/mol. The van der Waals surface area contributed by atoms with E-state index in [1.807, 2.05) is 12.1 Å². The largest absolute Gasteiger partial charge is 0.344 e. The van der Waals surface area contributed by atoms with E-state index in [1.165, 1.54) is 22.5 Å². The molecule has 86 valence electrons. The predicted octanol–water partition coefficient (Wildman–Crippen LogP) is 2.99. The lowest BCUT2D eigenvalue weighted by atomic mass is 9.80. The van der Waals surface area contributed by atoms with Crippen LogP contribution in [0.2, 0.25) is 0 Å². The summed E-state index contributed by atoms with van der Waals surface area (Å²) in [6.45, 7) is 2.08. The lowest BCUT2D eigenvalue weighted by Crippen LogP contribution is -2.40. The second kappa shape index (κ2) is 3.34. The van der Waals surface area contributed by atoms with Crippen molar-refractivity contribution in [3.8, 4) is 0 Å². The van der Waals surface area contributed by atoms with Crippen LogP contribution >= 0.6 is 0 Å². The van der Waals surface area contributed by atoms with Crippen LogP contribution in [0.25, 0.3) is 0 Å². The van der Waals surface area contributed by atoms with E-state index in [9.17, 15) is 0 Å². The van der Waals surface area contributed by atoms with Gasteiger partial charge in [-0.05, 0) is 30.2 Å². The van der Waals surface area contributed by atoms with Gasteiger partial charge in [-0.2, -0.15) is 0 Å². The molecule has 0 radical (unpaired) electrons. The lowest BCUT2D eigenvalue weighted by Gasteiger charge is -2.39. The van der Waals surface area contributed by atoms with E-state index in [-0.39, 0.29) is 0 Å². The first-order chi connectivity index (χ1) is 8.12. The topological polar surface area (TPSA) is 29.3 Å². The zero-order valence-electron chi connectivity index (χ0n) is 10.1. The quantitative estimate of drug-likeness (QED) is 0.745. The third kappa shape index (κ3) is 1.31.